The maximum atomic E-state index is 2.50. The second-order valence-electron chi connectivity index (χ2n) is 25.3. The van der Waals surface area contributed by atoms with Crippen molar-refractivity contribution in [3.8, 4) is 61.6 Å². The monoisotopic (exact) mass is 1120 g/mol. The Morgan fingerprint density at radius 1 is 0.227 bits per heavy atom. The van der Waals surface area contributed by atoms with E-state index >= 15 is 0 Å². The molecule has 0 atom stereocenters. The molecule has 2 aliphatic carbocycles. The zero-order valence-corrected chi connectivity index (χ0v) is 49.5. The highest BCUT2D eigenvalue weighted by Crippen LogP contribution is 2.55. The molecule has 0 unspecified atom stereocenters. The maximum Gasteiger partial charge on any atom is 0.0541 e. The molecular formula is C84H60N4. The lowest BCUT2D eigenvalue weighted by Gasteiger charge is -2.30. The number of fused-ring (bicyclic) bond motifs is 15. The number of para-hydroxylation sites is 6. The van der Waals surface area contributed by atoms with E-state index in [0.29, 0.717) is 0 Å². The van der Waals surface area contributed by atoms with E-state index in [-0.39, 0.29) is 10.8 Å². The van der Waals surface area contributed by atoms with Crippen LogP contribution < -0.4 is 4.90 Å². The van der Waals surface area contributed by atoms with Gasteiger partial charge < -0.3 is 18.6 Å². The van der Waals surface area contributed by atoms with Crippen LogP contribution in [0.3, 0.4) is 0 Å². The molecule has 0 fully saturated rings. The molecule has 4 nitrogen and oxygen atoms in total. The van der Waals surface area contributed by atoms with Crippen LogP contribution in [0, 0.1) is 0 Å². The van der Waals surface area contributed by atoms with Crippen molar-refractivity contribution in [1.29, 1.82) is 0 Å². The molecule has 0 spiro atoms. The van der Waals surface area contributed by atoms with Crippen molar-refractivity contribution in [3.63, 3.8) is 0 Å². The number of hydrogen-bond donors (Lipinski definition) is 0. The van der Waals surface area contributed by atoms with Gasteiger partial charge in [0.2, 0.25) is 0 Å². The highest BCUT2D eigenvalue weighted by Gasteiger charge is 2.39. The smallest absolute Gasteiger partial charge is 0.0541 e. The average Bonchev–Trinajstić information content (AvgIpc) is 1.94. The van der Waals surface area contributed by atoms with Gasteiger partial charge in [0.15, 0.2) is 0 Å². The molecule has 2 aliphatic rings. The Hall–Kier alpha value is -10.9. The molecule has 0 N–H and O–H groups in total. The molecule has 16 aromatic rings. The molecule has 0 aliphatic heterocycles. The predicted octanol–water partition coefficient (Wildman–Crippen LogP) is 22.4. The predicted molar refractivity (Wildman–Crippen MR) is 370 cm³/mol. The van der Waals surface area contributed by atoms with E-state index in [0.717, 1.165) is 22.7 Å². The second-order valence-corrected chi connectivity index (χ2v) is 25.3. The van der Waals surface area contributed by atoms with Gasteiger partial charge in [0.25, 0.3) is 0 Å². The number of nitrogens with zero attached hydrogens (tertiary/aromatic N) is 4. The quantitative estimate of drug-likeness (QED) is 0.148. The molecular weight excluding hydrogens is 1060 g/mol. The Balaban J connectivity index is 0.746. The summed E-state index contributed by atoms with van der Waals surface area (Å²) in [7, 11) is 0. The third-order valence-corrected chi connectivity index (χ3v) is 19.8. The first-order valence-corrected chi connectivity index (χ1v) is 30.8. The third kappa shape index (κ3) is 7.33. The summed E-state index contributed by atoms with van der Waals surface area (Å²) < 4.78 is 7.23. The Bertz CT molecular complexity index is 5500. The van der Waals surface area contributed by atoms with E-state index < -0.39 is 0 Å². The first-order chi connectivity index (χ1) is 43.2. The van der Waals surface area contributed by atoms with E-state index in [2.05, 4.69) is 337 Å². The minimum Gasteiger partial charge on any atom is -0.310 e. The van der Waals surface area contributed by atoms with E-state index in [9.17, 15) is 0 Å². The summed E-state index contributed by atoms with van der Waals surface area (Å²) in [6.45, 7) is 9.65. The average molecular weight is 1130 g/mol. The van der Waals surface area contributed by atoms with Crippen LogP contribution in [0.1, 0.15) is 49.9 Å². The summed E-state index contributed by atoms with van der Waals surface area (Å²) in [6.07, 6.45) is 0. The van der Waals surface area contributed by atoms with Gasteiger partial charge in [0.05, 0.1) is 33.1 Å². The van der Waals surface area contributed by atoms with Crippen LogP contribution in [-0.2, 0) is 10.8 Å². The highest BCUT2D eigenvalue weighted by atomic mass is 15.1. The van der Waals surface area contributed by atoms with E-state index in [4.69, 9.17) is 0 Å². The van der Waals surface area contributed by atoms with Crippen molar-refractivity contribution in [2.75, 3.05) is 4.90 Å². The van der Waals surface area contributed by atoms with Crippen LogP contribution in [0.4, 0.5) is 17.1 Å². The van der Waals surface area contributed by atoms with Crippen LogP contribution in [0.5, 0.6) is 0 Å². The number of anilines is 3. The first kappa shape index (κ1) is 50.4. The molecule has 0 radical (unpaired) electrons. The summed E-state index contributed by atoms with van der Waals surface area (Å²) in [6, 6.07) is 109. The van der Waals surface area contributed by atoms with Gasteiger partial charge in [0.1, 0.15) is 0 Å². The van der Waals surface area contributed by atoms with Crippen molar-refractivity contribution in [2.24, 2.45) is 0 Å². The summed E-state index contributed by atoms with van der Waals surface area (Å²) in [5, 5.41) is 7.55. The number of hydrogen-bond acceptors (Lipinski definition) is 1. The topological polar surface area (TPSA) is 18.0 Å². The van der Waals surface area contributed by atoms with Gasteiger partial charge in [-0.1, -0.05) is 191 Å². The van der Waals surface area contributed by atoms with Gasteiger partial charge in [-0.2, -0.15) is 0 Å². The van der Waals surface area contributed by atoms with Crippen LogP contribution in [0.25, 0.3) is 127 Å². The summed E-state index contributed by atoms with van der Waals surface area (Å²) in [4.78, 5) is 2.50. The normalized spacial score (nSPS) is 13.6. The Morgan fingerprint density at radius 2 is 0.545 bits per heavy atom. The van der Waals surface area contributed by atoms with Gasteiger partial charge in [-0.3, -0.25) is 0 Å². The molecule has 0 bridgehead atoms. The zero-order chi connectivity index (χ0) is 58.6. The van der Waals surface area contributed by atoms with Crippen molar-refractivity contribution in [1.82, 2.24) is 13.7 Å². The van der Waals surface area contributed by atoms with Gasteiger partial charge in [0, 0.05) is 77.3 Å². The van der Waals surface area contributed by atoms with E-state index in [1.165, 1.54) is 144 Å². The van der Waals surface area contributed by atoms with Gasteiger partial charge in [-0.05, 0) is 194 Å². The SMILES string of the molecule is CC1(C)c2cc(-c3ccc4c(c3)c3ccccc3n4-c3ccccc3)ccc2-c2ccc(N(c3ccc(-c4ccc5c(c4)c4ccccc4n5-c4ccccc4)cc3)c3ccc4c(c3)C(C)(C)c3cc(-n5c6ccccc6c6ccccc65)ccc3-4)cc21. The van der Waals surface area contributed by atoms with Gasteiger partial charge in [-0.15, -0.1) is 0 Å². The van der Waals surface area contributed by atoms with E-state index in [1.807, 2.05) is 0 Å². The van der Waals surface area contributed by atoms with Crippen molar-refractivity contribution >= 4 is 82.5 Å². The summed E-state index contributed by atoms with van der Waals surface area (Å²) in [5.41, 5.74) is 28.9. The molecule has 3 heterocycles. The zero-order valence-electron chi connectivity index (χ0n) is 49.5. The van der Waals surface area contributed by atoms with Crippen molar-refractivity contribution < 1.29 is 0 Å². The fourth-order valence-corrected chi connectivity index (χ4v) is 15.5. The molecule has 0 saturated carbocycles. The molecule has 4 heteroatoms. The minimum atomic E-state index is -0.282. The molecule has 0 saturated heterocycles. The largest absolute Gasteiger partial charge is 0.310 e. The van der Waals surface area contributed by atoms with Crippen molar-refractivity contribution in [3.05, 3.63) is 313 Å². The molecule has 88 heavy (non-hydrogen) atoms. The fourth-order valence-electron chi connectivity index (χ4n) is 15.5. The van der Waals surface area contributed by atoms with Crippen LogP contribution in [0.15, 0.2) is 291 Å². The molecule has 0 amide bonds. The Kier molecular flexibility index (Phi) is 10.8. The standard InChI is InChI=1S/C84H60N4/c1-83(2)73-49-56(55-35-46-82-72(48-55)70-26-14-18-30-80(70)87(82)58-21-9-6-10-22-58)33-41-63(73)64-42-38-60(50-74(64)83)85(59-36-31-53(32-37-59)54-34-45-81-71(47-54)69-25-13-17-29-79(69)86(81)57-19-7-5-8-20-57)61-39-43-65-66-44-40-62(52-76(66)84(3,4)75(65)51-61)88-77-27-15-11-23-67(77)68-24-12-16-28-78(68)88/h5-52H,1-4H3. The van der Waals surface area contributed by atoms with Crippen LogP contribution in [-0.4, -0.2) is 13.7 Å². The van der Waals surface area contributed by atoms with Crippen LogP contribution >= 0.6 is 0 Å². The Labute approximate surface area is 511 Å². The van der Waals surface area contributed by atoms with Gasteiger partial charge in [-0.25, -0.2) is 0 Å². The highest BCUT2D eigenvalue weighted by molar-refractivity contribution is 6.12. The fraction of sp³-hybridized carbons (Fsp3) is 0.0714. The maximum absolute atomic E-state index is 2.50. The number of benzene rings is 13. The van der Waals surface area contributed by atoms with E-state index in [1.54, 1.807) is 0 Å². The third-order valence-electron chi connectivity index (χ3n) is 19.8. The molecule has 3 aromatic heterocycles. The molecule has 13 aromatic carbocycles. The lowest BCUT2D eigenvalue weighted by molar-refractivity contribution is 0.659. The second kappa shape index (κ2) is 18.8. The minimum absolute atomic E-state index is 0.280. The lowest BCUT2D eigenvalue weighted by atomic mass is 9.81. The lowest BCUT2D eigenvalue weighted by Crippen LogP contribution is -2.18. The number of aromatic nitrogens is 3. The van der Waals surface area contributed by atoms with Gasteiger partial charge >= 0.3 is 0 Å². The summed E-state index contributed by atoms with van der Waals surface area (Å²) in [5.74, 6) is 0. The van der Waals surface area contributed by atoms with Crippen LogP contribution in [0.2, 0.25) is 0 Å². The molecule has 18 rings (SSSR count). The first-order valence-electron chi connectivity index (χ1n) is 30.8. The van der Waals surface area contributed by atoms with Crippen molar-refractivity contribution in [2.45, 2.75) is 38.5 Å². The summed E-state index contributed by atoms with van der Waals surface area (Å²) >= 11 is 0. The number of rotatable bonds is 8. The molecule has 416 valence electrons. The Morgan fingerprint density at radius 3 is 1.02 bits per heavy atom.